The van der Waals surface area contributed by atoms with Crippen molar-refractivity contribution in [3.05, 3.63) is 17.0 Å². The standard InChI is InChI=1S/C14H18N2O5S/c1-2-21-13(19)10-5-8-22-11(10)15-14(20)16-6-3-9(4-7-16)12(17)18/h5,8-9H,2-4,6-7H2,1H3,(H,15,20)(H,17,18). The zero-order valence-corrected chi connectivity index (χ0v) is 13.0. The van der Waals surface area contributed by atoms with Crippen molar-refractivity contribution in [2.45, 2.75) is 19.8 Å². The van der Waals surface area contributed by atoms with Crippen LogP contribution in [0.4, 0.5) is 9.80 Å². The second-order valence-corrected chi connectivity index (χ2v) is 5.83. The molecule has 1 fully saturated rings. The van der Waals surface area contributed by atoms with Crippen LogP contribution in [0.15, 0.2) is 11.4 Å². The molecule has 2 rings (SSSR count). The average molecular weight is 326 g/mol. The van der Waals surface area contributed by atoms with Crippen molar-refractivity contribution in [1.82, 2.24) is 4.90 Å². The second-order valence-electron chi connectivity index (χ2n) is 4.91. The number of nitrogens with zero attached hydrogens (tertiary/aromatic N) is 1. The molecule has 1 aliphatic rings. The molecule has 8 heteroatoms. The second kappa shape index (κ2) is 7.26. The van der Waals surface area contributed by atoms with Crippen LogP contribution in [-0.2, 0) is 9.53 Å². The van der Waals surface area contributed by atoms with Crippen LogP contribution in [0, 0.1) is 5.92 Å². The molecule has 1 aromatic rings. The summed E-state index contributed by atoms with van der Waals surface area (Å²) in [5, 5.41) is 13.8. The van der Waals surface area contributed by atoms with E-state index in [1.165, 1.54) is 11.3 Å². The molecule has 2 heterocycles. The molecule has 1 saturated heterocycles. The Morgan fingerprint density at radius 1 is 1.41 bits per heavy atom. The zero-order chi connectivity index (χ0) is 16.1. The van der Waals surface area contributed by atoms with Crippen molar-refractivity contribution in [3.8, 4) is 0 Å². The molecule has 2 amide bonds. The number of carbonyl (C=O) groups is 3. The molecule has 0 radical (unpaired) electrons. The number of urea groups is 1. The van der Waals surface area contributed by atoms with E-state index in [-0.39, 0.29) is 18.6 Å². The van der Waals surface area contributed by atoms with Gasteiger partial charge in [-0.1, -0.05) is 0 Å². The maximum Gasteiger partial charge on any atom is 0.341 e. The number of thiophene rings is 1. The van der Waals surface area contributed by atoms with Crippen LogP contribution in [0.25, 0.3) is 0 Å². The van der Waals surface area contributed by atoms with Gasteiger partial charge in [-0.15, -0.1) is 11.3 Å². The summed E-state index contributed by atoms with van der Waals surface area (Å²) in [5.41, 5.74) is 0.334. The lowest BCUT2D eigenvalue weighted by Crippen LogP contribution is -2.42. The van der Waals surface area contributed by atoms with Gasteiger partial charge < -0.3 is 14.7 Å². The summed E-state index contributed by atoms with van der Waals surface area (Å²) in [6.45, 7) is 2.77. The Morgan fingerprint density at radius 3 is 2.68 bits per heavy atom. The highest BCUT2D eigenvalue weighted by molar-refractivity contribution is 7.14. The van der Waals surface area contributed by atoms with Crippen LogP contribution in [0.2, 0.25) is 0 Å². The summed E-state index contributed by atoms with van der Waals surface area (Å²) in [5.74, 6) is -1.67. The summed E-state index contributed by atoms with van der Waals surface area (Å²) < 4.78 is 4.93. The molecule has 7 nitrogen and oxygen atoms in total. The number of piperidine rings is 1. The predicted molar refractivity (Wildman–Crippen MR) is 81.2 cm³/mol. The largest absolute Gasteiger partial charge is 0.481 e. The van der Waals surface area contributed by atoms with E-state index in [1.807, 2.05) is 0 Å². The van der Waals surface area contributed by atoms with Crippen LogP contribution >= 0.6 is 11.3 Å². The van der Waals surface area contributed by atoms with E-state index in [9.17, 15) is 14.4 Å². The van der Waals surface area contributed by atoms with Crippen LogP contribution in [0.3, 0.4) is 0 Å². The van der Waals surface area contributed by atoms with Gasteiger partial charge >= 0.3 is 18.0 Å². The Hall–Kier alpha value is -2.09. The SMILES string of the molecule is CCOC(=O)c1ccsc1NC(=O)N1CCC(C(=O)O)CC1. The average Bonchev–Trinajstić information content (AvgIpc) is 2.95. The van der Waals surface area contributed by atoms with Crippen molar-refractivity contribution in [3.63, 3.8) is 0 Å². The number of esters is 1. The van der Waals surface area contributed by atoms with E-state index in [0.717, 1.165) is 0 Å². The van der Waals surface area contributed by atoms with E-state index in [2.05, 4.69) is 5.32 Å². The van der Waals surface area contributed by atoms with E-state index in [0.29, 0.717) is 36.5 Å². The smallest absolute Gasteiger partial charge is 0.341 e. The number of amides is 2. The molecule has 0 atom stereocenters. The highest BCUT2D eigenvalue weighted by Gasteiger charge is 2.27. The molecule has 1 aromatic heterocycles. The third kappa shape index (κ3) is 3.76. The van der Waals surface area contributed by atoms with Crippen LogP contribution < -0.4 is 5.32 Å². The fourth-order valence-corrected chi connectivity index (χ4v) is 3.05. The van der Waals surface area contributed by atoms with Gasteiger partial charge in [-0.05, 0) is 31.2 Å². The number of aliphatic carboxylic acids is 1. The van der Waals surface area contributed by atoms with Crippen molar-refractivity contribution in [1.29, 1.82) is 0 Å². The van der Waals surface area contributed by atoms with Crippen molar-refractivity contribution < 1.29 is 24.2 Å². The first-order valence-electron chi connectivity index (χ1n) is 7.06. The molecule has 0 aromatic carbocycles. The number of likely N-dealkylation sites (tertiary alicyclic amines) is 1. The molecule has 0 aliphatic carbocycles. The molecule has 0 bridgehead atoms. The Kier molecular flexibility index (Phi) is 5.37. The number of carboxylic acid groups (broad SMARTS) is 1. The van der Waals surface area contributed by atoms with E-state index in [1.54, 1.807) is 23.3 Å². The van der Waals surface area contributed by atoms with E-state index < -0.39 is 11.9 Å². The summed E-state index contributed by atoms with van der Waals surface area (Å²) in [7, 11) is 0. The number of carboxylic acids is 1. The summed E-state index contributed by atoms with van der Waals surface area (Å²) in [6, 6.07) is 1.28. The fraction of sp³-hybridized carbons (Fsp3) is 0.500. The van der Waals surface area contributed by atoms with Crippen LogP contribution in [0.5, 0.6) is 0 Å². The lowest BCUT2D eigenvalue weighted by atomic mass is 9.97. The van der Waals surface area contributed by atoms with Gasteiger partial charge in [0.25, 0.3) is 0 Å². The molecular formula is C14H18N2O5S. The number of nitrogens with one attached hydrogen (secondary N) is 1. The van der Waals surface area contributed by atoms with Gasteiger partial charge in [0.15, 0.2) is 0 Å². The first kappa shape index (κ1) is 16.3. The molecular weight excluding hydrogens is 308 g/mol. The lowest BCUT2D eigenvalue weighted by Gasteiger charge is -2.30. The molecule has 0 unspecified atom stereocenters. The number of hydrogen-bond donors (Lipinski definition) is 2. The number of anilines is 1. The summed E-state index contributed by atoms with van der Waals surface area (Å²) >= 11 is 1.25. The Morgan fingerprint density at radius 2 is 2.09 bits per heavy atom. The minimum absolute atomic E-state index is 0.269. The minimum Gasteiger partial charge on any atom is -0.481 e. The summed E-state index contributed by atoms with van der Waals surface area (Å²) in [4.78, 5) is 36.4. The minimum atomic E-state index is -0.817. The lowest BCUT2D eigenvalue weighted by molar-refractivity contribution is -0.143. The first-order chi connectivity index (χ1) is 10.5. The Labute approximate surface area is 131 Å². The topological polar surface area (TPSA) is 95.9 Å². The van der Waals surface area contributed by atoms with Gasteiger partial charge in [0.2, 0.25) is 0 Å². The predicted octanol–water partition coefficient (Wildman–Crippen LogP) is 2.25. The number of rotatable bonds is 4. The molecule has 2 N–H and O–H groups in total. The number of hydrogen-bond acceptors (Lipinski definition) is 5. The van der Waals surface area contributed by atoms with E-state index in [4.69, 9.17) is 9.84 Å². The van der Waals surface area contributed by atoms with Crippen molar-refractivity contribution in [2.75, 3.05) is 25.0 Å². The van der Waals surface area contributed by atoms with Gasteiger partial charge in [0, 0.05) is 13.1 Å². The molecule has 0 spiro atoms. The third-order valence-electron chi connectivity index (χ3n) is 3.51. The maximum absolute atomic E-state index is 12.2. The maximum atomic E-state index is 12.2. The Bertz CT molecular complexity index is 563. The monoisotopic (exact) mass is 326 g/mol. The fourth-order valence-electron chi connectivity index (χ4n) is 2.28. The summed E-state index contributed by atoms with van der Waals surface area (Å²) in [6.07, 6.45) is 0.885. The third-order valence-corrected chi connectivity index (χ3v) is 4.34. The van der Waals surface area contributed by atoms with Crippen molar-refractivity contribution in [2.24, 2.45) is 5.92 Å². The molecule has 1 aliphatic heterocycles. The van der Waals surface area contributed by atoms with Gasteiger partial charge in [0.05, 0.1) is 18.1 Å². The van der Waals surface area contributed by atoms with E-state index >= 15 is 0 Å². The van der Waals surface area contributed by atoms with Crippen molar-refractivity contribution >= 4 is 34.3 Å². The van der Waals surface area contributed by atoms with Gasteiger partial charge in [-0.2, -0.15) is 0 Å². The van der Waals surface area contributed by atoms with Gasteiger partial charge in [0.1, 0.15) is 5.00 Å². The Balaban J connectivity index is 1.95. The zero-order valence-electron chi connectivity index (χ0n) is 12.2. The molecule has 0 saturated carbocycles. The molecule has 22 heavy (non-hydrogen) atoms. The van der Waals surface area contributed by atoms with Gasteiger partial charge in [-0.3, -0.25) is 10.1 Å². The van der Waals surface area contributed by atoms with Crippen LogP contribution in [0.1, 0.15) is 30.1 Å². The first-order valence-corrected chi connectivity index (χ1v) is 7.94. The highest BCUT2D eigenvalue weighted by Crippen LogP contribution is 2.25. The highest BCUT2D eigenvalue weighted by atomic mass is 32.1. The van der Waals surface area contributed by atoms with Crippen LogP contribution in [-0.4, -0.2) is 47.7 Å². The number of ether oxygens (including phenoxy) is 1. The number of carbonyl (C=O) groups excluding carboxylic acids is 2. The normalized spacial score (nSPS) is 15.4. The quantitative estimate of drug-likeness (QED) is 0.827. The molecule has 120 valence electrons. The van der Waals surface area contributed by atoms with Gasteiger partial charge in [-0.25, -0.2) is 9.59 Å².